The predicted molar refractivity (Wildman–Crippen MR) is 130 cm³/mol. The Bertz CT molecular complexity index is 1500. The number of benzene rings is 1. The van der Waals surface area contributed by atoms with Gasteiger partial charge < -0.3 is 21.1 Å². The summed E-state index contributed by atoms with van der Waals surface area (Å²) in [5, 5.41) is 17.9. The number of aromatic nitrogens is 3. The van der Waals surface area contributed by atoms with Crippen LogP contribution in [0.4, 0.5) is 29.5 Å². The van der Waals surface area contributed by atoms with E-state index < -0.39 is 41.7 Å². The van der Waals surface area contributed by atoms with Gasteiger partial charge in [0.25, 0.3) is 5.91 Å². The van der Waals surface area contributed by atoms with Gasteiger partial charge in [-0.3, -0.25) is 24.4 Å². The molecule has 3 atom stereocenters. The van der Waals surface area contributed by atoms with Gasteiger partial charge in [0, 0.05) is 17.1 Å². The molecule has 0 spiro atoms. The molecule has 3 aromatic rings. The molecule has 2 bridgehead atoms. The molecule has 1 saturated carbocycles. The van der Waals surface area contributed by atoms with Crippen LogP contribution in [0, 0.1) is 5.92 Å². The quantitative estimate of drug-likeness (QED) is 0.369. The van der Waals surface area contributed by atoms with E-state index in [1.54, 1.807) is 0 Å². The largest absolute Gasteiger partial charge is 0.465 e. The molecule has 15 heteroatoms. The fraction of sp³-hybridized carbons (Fsp3) is 0.333. The summed E-state index contributed by atoms with van der Waals surface area (Å²) in [6.07, 6.45) is -4.09. The van der Waals surface area contributed by atoms with E-state index >= 15 is 0 Å². The molecule has 5 rings (SSSR count). The van der Waals surface area contributed by atoms with Gasteiger partial charge in [-0.25, -0.2) is 9.78 Å². The predicted octanol–water partition coefficient (Wildman–Crippen LogP) is 2.66. The molecule has 12 nitrogen and oxygen atoms in total. The number of hydrogen-bond donors (Lipinski definition) is 4. The molecule has 39 heavy (non-hydrogen) atoms. The van der Waals surface area contributed by atoms with Crippen molar-refractivity contribution in [1.29, 1.82) is 0 Å². The van der Waals surface area contributed by atoms with Crippen LogP contribution in [-0.2, 0) is 22.3 Å². The van der Waals surface area contributed by atoms with Gasteiger partial charge in [-0.05, 0) is 55.5 Å². The second kappa shape index (κ2) is 9.56. The molecule has 3 heterocycles. The monoisotopic (exact) mass is 545 g/mol. The van der Waals surface area contributed by atoms with Crippen molar-refractivity contribution in [3.8, 4) is 0 Å². The number of halogens is 3. The molecule has 5 N–H and O–H groups in total. The summed E-state index contributed by atoms with van der Waals surface area (Å²) >= 11 is 0. The Morgan fingerprint density at radius 1 is 1.10 bits per heavy atom. The first-order valence-electron chi connectivity index (χ1n) is 11.9. The molecule has 0 unspecified atom stereocenters. The minimum atomic E-state index is -4.68. The third kappa shape index (κ3) is 4.94. The smallest absolute Gasteiger partial charge is 0.433 e. The van der Waals surface area contributed by atoms with Crippen LogP contribution in [0.5, 0.6) is 0 Å². The van der Waals surface area contributed by atoms with Crippen LogP contribution < -0.4 is 16.4 Å². The van der Waals surface area contributed by atoms with Crippen LogP contribution in [0.15, 0.2) is 36.4 Å². The molecule has 1 aliphatic heterocycles. The number of alkyl halides is 3. The summed E-state index contributed by atoms with van der Waals surface area (Å²) in [6.45, 7) is -0.357. The summed E-state index contributed by atoms with van der Waals surface area (Å²) < 4.78 is 40.4. The molecular formula is C24H22F3N7O5. The summed E-state index contributed by atoms with van der Waals surface area (Å²) in [7, 11) is 0. The molecule has 0 radical (unpaired) electrons. The maximum absolute atomic E-state index is 13.5. The highest BCUT2D eigenvalue weighted by atomic mass is 19.4. The summed E-state index contributed by atoms with van der Waals surface area (Å²) in [5.41, 5.74) is 4.63. The second-order valence-electron chi connectivity index (χ2n) is 9.40. The van der Waals surface area contributed by atoms with Gasteiger partial charge in [0.15, 0.2) is 5.69 Å². The first kappa shape index (κ1) is 25.9. The van der Waals surface area contributed by atoms with Crippen LogP contribution in [-0.4, -0.2) is 60.7 Å². The van der Waals surface area contributed by atoms with Gasteiger partial charge >= 0.3 is 12.3 Å². The number of rotatable bonds is 6. The number of fused-ring (bicyclic) bond motifs is 3. The Morgan fingerprint density at radius 3 is 2.56 bits per heavy atom. The number of carbonyl (C=O) groups excluding carboxylic acids is 3. The number of nitrogens with one attached hydrogen (secondary N) is 2. The maximum atomic E-state index is 13.5. The Balaban J connectivity index is 1.40. The average Bonchev–Trinajstić information content (AvgIpc) is 3.56. The fourth-order valence-electron chi connectivity index (χ4n) is 5.44. The molecule has 2 aliphatic rings. The van der Waals surface area contributed by atoms with Gasteiger partial charge in [0.05, 0.1) is 5.52 Å². The Morgan fingerprint density at radius 2 is 1.87 bits per heavy atom. The highest BCUT2D eigenvalue weighted by Crippen LogP contribution is 2.43. The Hall–Kier alpha value is -4.69. The maximum Gasteiger partial charge on any atom is 0.433 e. The number of hydrogen-bond acceptors (Lipinski definition) is 6. The van der Waals surface area contributed by atoms with Crippen molar-refractivity contribution in [3.63, 3.8) is 0 Å². The van der Waals surface area contributed by atoms with Gasteiger partial charge in [-0.1, -0.05) is 6.07 Å². The normalized spacial score (nSPS) is 20.3. The Labute approximate surface area is 218 Å². The number of carboxylic acid groups (broad SMARTS) is 1. The van der Waals surface area contributed by atoms with E-state index in [9.17, 15) is 32.3 Å². The zero-order chi connectivity index (χ0) is 28.1. The average molecular weight is 545 g/mol. The van der Waals surface area contributed by atoms with Crippen molar-refractivity contribution in [1.82, 2.24) is 19.7 Å². The summed E-state index contributed by atoms with van der Waals surface area (Å²) in [5.74, 6) is -2.46. The standard InChI is InChI=1S/C24H22F3N7O5/c25-24(26,27)16-2-1-3-17(30-16)31-22(37)20-11-4-6-13(8-11)34(20)18(35)10-33-15-7-5-12(29-23(38)39)9-14(15)19(32-33)21(28)36/h1-3,5,7,9,11,13,20,29H,4,6,8,10H2,(H2,28,36)(H,38,39)(H,30,31,37)/t11-,13+,20-/m0/s1. The summed E-state index contributed by atoms with van der Waals surface area (Å²) in [4.78, 5) is 54.6. The molecule has 2 fully saturated rings. The second-order valence-corrected chi connectivity index (χ2v) is 9.40. The van der Waals surface area contributed by atoms with E-state index in [0.29, 0.717) is 24.8 Å². The van der Waals surface area contributed by atoms with Gasteiger partial charge in [-0.2, -0.15) is 18.3 Å². The van der Waals surface area contributed by atoms with Crippen molar-refractivity contribution in [3.05, 3.63) is 47.8 Å². The SMILES string of the molecule is NC(=O)c1nn(CC(=O)N2[C@@H]3CC[C@@H](C3)[C@H]2C(=O)Nc2cccc(C(F)(F)F)n2)c2ccc(NC(=O)O)cc12. The van der Waals surface area contributed by atoms with Crippen molar-refractivity contribution in [2.45, 2.75) is 44.1 Å². The first-order chi connectivity index (χ1) is 18.4. The third-order valence-corrected chi connectivity index (χ3v) is 6.95. The molecule has 204 valence electrons. The lowest BCUT2D eigenvalue weighted by atomic mass is 9.97. The minimum absolute atomic E-state index is 0.167. The van der Waals surface area contributed by atoms with Gasteiger partial charge in [-0.15, -0.1) is 0 Å². The van der Waals surface area contributed by atoms with E-state index in [0.717, 1.165) is 12.1 Å². The van der Waals surface area contributed by atoms with E-state index in [2.05, 4.69) is 20.7 Å². The minimum Gasteiger partial charge on any atom is -0.465 e. The zero-order valence-electron chi connectivity index (χ0n) is 20.1. The lowest BCUT2D eigenvalue weighted by Crippen LogP contribution is -2.52. The number of anilines is 2. The van der Waals surface area contributed by atoms with Gasteiger partial charge in [0.2, 0.25) is 11.8 Å². The van der Waals surface area contributed by atoms with E-state index in [-0.39, 0.29) is 41.1 Å². The topological polar surface area (TPSA) is 173 Å². The molecular weight excluding hydrogens is 523 g/mol. The number of likely N-dealkylation sites (tertiary alicyclic amines) is 1. The number of primary amides is 1. The number of nitrogens with zero attached hydrogens (tertiary/aromatic N) is 4. The van der Waals surface area contributed by atoms with Crippen LogP contribution in [0.25, 0.3) is 10.9 Å². The molecule has 2 aromatic heterocycles. The van der Waals surface area contributed by atoms with E-state index in [1.807, 2.05) is 0 Å². The number of amides is 4. The highest BCUT2D eigenvalue weighted by molar-refractivity contribution is 6.06. The third-order valence-electron chi connectivity index (χ3n) is 6.95. The van der Waals surface area contributed by atoms with Crippen LogP contribution in [0.2, 0.25) is 0 Å². The number of pyridine rings is 1. The van der Waals surface area contributed by atoms with Crippen molar-refractivity contribution >= 4 is 46.2 Å². The zero-order valence-corrected chi connectivity index (χ0v) is 20.1. The summed E-state index contributed by atoms with van der Waals surface area (Å²) in [6, 6.07) is 6.28. The van der Waals surface area contributed by atoms with Crippen LogP contribution in [0.3, 0.4) is 0 Å². The van der Waals surface area contributed by atoms with E-state index in [1.165, 1.54) is 33.8 Å². The lowest BCUT2D eigenvalue weighted by molar-refractivity contribution is -0.141. The van der Waals surface area contributed by atoms with Crippen molar-refractivity contribution in [2.24, 2.45) is 11.7 Å². The highest BCUT2D eigenvalue weighted by Gasteiger charge is 2.51. The number of piperidine rings is 1. The number of nitrogens with two attached hydrogens (primary N) is 1. The lowest BCUT2D eigenvalue weighted by Gasteiger charge is -2.34. The molecule has 1 saturated heterocycles. The van der Waals surface area contributed by atoms with Crippen LogP contribution in [0.1, 0.15) is 35.4 Å². The van der Waals surface area contributed by atoms with Crippen molar-refractivity contribution < 1.29 is 37.5 Å². The Kier molecular flexibility index (Phi) is 6.36. The molecule has 1 aliphatic carbocycles. The van der Waals surface area contributed by atoms with E-state index in [4.69, 9.17) is 10.8 Å². The molecule has 1 aromatic carbocycles. The fourth-order valence-corrected chi connectivity index (χ4v) is 5.44. The van der Waals surface area contributed by atoms with Crippen molar-refractivity contribution in [2.75, 3.05) is 10.6 Å². The molecule has 4 amide bonds. The first-order valence-corrected chi connectivity index (χ1v) is 11.9. The van der Waals surface area contributed by atoms with Crippen LogP contribution >= 0.6 is 0 Å². The van der Waals surface area contributed by atoms with Gasteiger partial charge in [0.1, 0.15) is 24.1 Å². The number of carbonyl (C=O) groups is 4.